The van der Waals surface area contributed by atoms with Gasteiger partial charge in [-0.2, -0.15) is 0 Å². The highest BCUT2D eigenvalue weighted by Gasteiger charge is 2.35. The molecular formula is C20H29FN2O2. The summed E-state index contributed by atoms with van der Waals surface area (Å²) in [6.07, 6.45) is 7.23. The summed E-state index contributed by atoms with van der Waals surface area (Å²) in [6.45, 7) is 1.95. The van der Waals surface area contributed by atoms with Crippen LogP contribution in [0.15, 0.2) is 24.3 Å². The molecule has 138 valence electrons. The first-order valence-electron chi connectivity index (χ1n) is 9.48. The van der Waals surface area contributed by atoms with Gasteiger partial charge in [-0.3, -0.25) is 4.79 Å². The maximum atomic E-state index is 13.3. The van der Waals surface area contributed by atoms with Crippen molar-refractivity contribution in [3.63, 3.8) is 0 Å². The number of nitrogens with two attached hydrogens (primary N) is 1. The Labute approximate surface area is 149 Å². The summed E-state index contributed by atoms with van der Waals surface area (Å²) >= 11 is 0. The standard InChI is InChI=1S/C20H29FN2O2/c21-17-6-4-16(5-7-17)20(10-2-1-3-11-20)14-23-19(24)18(22)15-8-12-25-13-9-15/h4-7,15,18H,1-3,8-14,22H2,(H,23,24). The highest BCUT2D eigenvalue weighted by molar-refractivity contribution is 5.82. The monoisotopic (exact) mass is 348 g/mol. The molecule has 0 radical (unpaired) electrons. The Morgan fingerprint density at radius 3 is 2.48 bits per heavy atom. The van der Waals surface area contributed by atoms with Gasteiger partial charge in [0, 0.05) is 25.2 Å². The van der Waals surface area contributed by atoms with Crippen LogP contribution in [0.25, 0.3) is 0 Å². The fourth-order valence-corrected chi connectivity index (χ4v) is 4.26. The second-order valence-corrected chi connectivity index (χ2v) is 7.54. The van der Waals surface area contributed by atoms with Crippen molar-refractivity contribution >= 4 is 5.91 Å². The largest absolute Gasteiger partial charge is 0.381 e. The molecule has 1 aromatic rings. The minimum Gasteiger partial charge on any atom is -0.381 e. The van der Waals surface area contributed by atoms with Gasteiger partial charge in [0.2, 0.25) is 5.91 Å². The SMILES string of the molecule is NC(C(=O)NCC1(c2ccc(F)cc2)CCCCC1)C1CCOCC1. The molecule has 3 rings (SSSR count). The molecule has 1 heterocycles. The van der Waals surface area contributed by atoms with Gasteiger partial charge in [-0.25, -0.2) is 4.39 Å². The van der Waals surface area contributed by atoms with Gasteiger partial charge in [0.25, 0.3) is 0 Å². The molecule has 25 heavy (non-hydrogen) atoms. The van der Waals surface area contributed by atoms with Gasteiger partial charge >= 0.3 is 0 Å². The normalized spacial score (nSPS) is 22.3. The zero-order chi connectivity index (χ0) is 17.7. The number of hydrogen-bond acceptors (Lipinski definition) is 3. The van der Waals surface area contributed by atoms with Gasteiger partial charge in [-0.15, -0.1) is 0 Å². The molecule has 1 saturated carbocycles. The van der Waals surface area contributed by atoms with Crippen molar-refractivity contribution in [1.29, 1.82) is 0 Å². The quantitative estimate of drug-likeness (QED) is 0.860. The third-order valence-electron chi connectivity index (χ3n) is 5.94. The molecule has 3 N–H and O–H groups in total. The third-order valence-corrected chi connectivity index (χ3v) is 5.94. The summed E-state index contributed by atoms with van der Waals surface area (Å²) in [5.74, 6) is -0.0962. The molecule has 0 spiro atoms. The number of rotatable bonds is 5. The Hall–Kier alpha value is -1.46. The van der Waals surface area contributed by atoms with Crippen molar-refractivity contribution in [2.45, 2.75) is 56.4 Å². The zero-order valence-corrected chi connectivity index (χ0v) is 14.8. The number of hydrogen-bond donors (Lipinski definition) is 2. The van der Waals surface area contributed by atoms with Crippen LogP contribution < -0.4 is 11.1 Å². The van der Waals surface area contributed by atoms with Gasteiger partial charge in [-0.1, -0.05) is 31.4 Å². The lowest BCUT2D eigenvalue weighted by Crippen LogP contribution is -2.51. The maximum absolute atomic E-state index is 13.3. The predicted octanol–water partition coefficient (Wildman–Crippen LogP) is 2.90. The summed E-state index contributed by atoms with van der Waals surface area (Å²) in [5, 5.41) is 3.10. The second kappa shape index (κ2) is 8.28. The van der Waals surface area contributed by atoms with E-state index < -0.39 is 6.04 Å². The molecule has 1 atom stereocenters. The van der Waals surface area contributed by atoms with Crippen LogP contribution in [0.4, 0.5) is 4.39 Å². The van der Waals surface area contributed by atoms with Crippen LogP contribution in [-0.2, 0) is 14.9 Å². The molecule has 1 aliphatic carbocycles. The van der Waals surface area contributed by atoms with Crippen LogP contribution in [-0.4, -0.2) is 31.7 Å². The van der Waals surface area contributed by atoms with E-state index in [0.717, 1.165) is 44.1 Å². The van der Waals surface area contributed by atoms with E-state index in [-0.39, 0.29) is 23.1 Å². The van der Waals surface area contributed by atoms with Crippen LogP contribution in [0, 0.1) is 11.7 Å². The van der Waals surface area contributed by atoms with E-state index in [0.29, 0.717) is 19.8 Å². The molecule has 5 heteroatoms. The van der Waals surface area contributed by atoms with Crippen molar-refractivity contribution in [2.75, 3.05) is 19.8 Å². The van der Waals surface area contributed by atoms with Crippen molar-refractivity contribution in [3.8, 4) is 0 Å². The Bertz CT molecular complexity index is 564. The van der Waals surface area contributed by atoms with Crippen molar-refractivity contribution in [2.24, 2.45) is 11.7 Å². The van der Waals surface area contributed by atoms with Crippen molar-refractivity contribution in [1.82, 2.24) is 5.32 Å². The number of ether oxygens (including phenoxy) is 1. The minimum absolute atomic E-state index is 0.0704. The van der Waals surface area contributed by atoms with E-state index in [1.54, 1.807) is 0 Å². The first-order chi connectivity index (χ1) is 12.1. The number of halogens is 1. The van der Waals surface area contributed by atoms with Crippen LogP contribution in [0.2, 0.25) is 0 Å². The lowest BCUT2D eigenvalue weighted by molar-refractivity contribution is -0.124. The predicted molar refractivity (Wildman–Crippen MR) is 95.7 cm³/mol. The Kier molecular flexibility index (Phi) is 6.07. The third kappa shape index (κ3) is 4.39. The van der Waals surface area contributed by atoms with Crippen LogP contribution in [0.5, 0.6) is 0 Å². The first kappa shape index (κ1) is 18.3. The van der Waals surface area contributed by atoms with Crippen molar-refractivity contribution in [3.05, 3.63) is 35.6 Å². The molecular weight excluding hydrogens is 319 g/mol. The minimum atomic E-state index is -0.474. The van der Waals surface area contributed by atoms with E-state index in [1.165, 1.54) is 18.6 Å². The number of carbonyl (C=O) groups excluding carboxylic acids is 1. The highest BCUT2D eigenvalue weighted by atomic mass is 19.1. The van der Waals surface area contributed by atoms with Crippen LogP contribution >= 0.6 is 0 Å². The molecule has 1 aliphatic heterocycles. The molecule has 0 bridgehead atoms. The molecule has 1 unspecified atom stereocenters. The average Bonchev–Trinajstić information content (AvgIpc) is 2.67. The molecule has 4 nitrogen and oxygen atoms in total. The lowest BCUT2D eigenvalue weighted by atomic mass is 9.69. The molecule has 1 aromatic carbocycles. The summed E-state index contributed by atoms with van der Waals surface area (Å²) in [6, 6.07) is 6.29. The second-order valence-electron chi connectivity index (χ2n) is 7.54. The zero-order valence-electron chi connectivity index (χ0n) is 14.8. The van der Waals surface area contributed by atoms with Gasteiger partial charge in [-0.05, 0) is 49.3 Å². The number of amides is 1. The van der Waals surface area contributed by atoms with Gasteiger partial charge in [0.05, 0.1) is 6.04 Å². The number of carbonyl (C=O) groups is 1. The molecule has 1 amide bonds. The smallest absolute Gasteiger partial charge is 0.237 e. The molecule has 2 aliphatic rings. The Balaban J connectivity index is 1.66. The first-order valence-corrected chi connectivity index (χ1v) is 9.48. The summed E-state index contributed by atoms with van der Waals surface area (Å²) < 4.78 is 18.7. The molecule has 2 fully saturated rings. The maximum Gasteiger partial charge on any atom is 0.237 e. The van der Waals surface area contributed by atoms with Crippen molar-refractivity contribution < 1.29 is 13.9 Å². The van der Waals surface area contributed by atoms with Gasteiger partial charge < -0.3 is 15.8 Å². The fourth-order valence-electron chi connectivity index (χ4n) is 4.26. The lowest BCUT2D eigenvalue weighted by Gasteiger charge is -2.38. The average molecular weight is 348 g/mol. The summed E-state index contributed by atoms with van der Waals surface area (Å²) in [7, 11) is 0. The number of nitrogens with one attached hydrogen (secondary N) is 1. The van der Waals surface area contributed by atoms with Crippen LogP contribution in [0.3, 0.4) is 0 Å². The van der Waals surface area contributed by atoms with E-state index in [1.807, 2.05) is 12.1 Å². The Morgan fingerprint density at radius 1 is 1.20 bits per heavy atom. The molecule has 0 aromatic heterocycles. The van der Waals surface area contributed by atoms with E-state index in [2.05, 4.69) is 5.32 Å². The summed E-state index contributed by atoms with van der Waals surface area (Å²) in [5.41, 5.74) is 7.21. The fraction of sp³-hybridized carbons (Fsp3) is 0.650. The van der Waals surface area contributed by atoms with Crippen LogP contribution in [0.1, 0.15) is 50.5 Å². The Morgan fingerprint density at radius 2 is 1.84 bits per heavy atom. The van der Waals surface area contributed by atoms with E-state index >= 15 is 0 Å². The topological polar surface area (TPSA) is 64.4 Å². The highest BCUT2D eigenvalue weighted by Crippen LogP contribution is 2.39. The van der Waals surface area contributed by atoms with E-state index in [4.69, 9.17) is 10.5 Å². The number of benzene rings is 1. The molecule has 1 saturated heterocycles. The van der Waals surface area contributed by atoms with E-state index in [9.17, 15) is 9.18 Å². The summed E-state index contributed by atoms with van der Waals surface area (Å²) in [4.78, 5) is 12.6. The van der Waals surface area contributed by atoms with Gasteiger partial charge in [0.15, 0.2) is 0 Å². The van der Waals surface area contributed by atoms with Gasteiger partial charge in [0.1, 0.15) is 5.82 Å².